The van der Waals surface area contributed by atoms with Gasteiger partial charge in [0.1, 0.15) is 5.82 Å². The third kappa shape index (κ3) is 2.73. The molecule has 1 aliphatic heterocycles. The fourth-order valence-corrected chi connectivity index (χ4v) is 1.97. The van der Waals surface area contributed by atoms with E-state index in [-0.39, 0.29) is 11.7 Å². The average Bonchev–Trinajstić information content (AvgIpc) is 2.40. The van der Waals surface area contributed by atoms with Gasteiger partial charge in [-0.2, -0.15) is 4.79 Å². The predicted molar refractivity (Wildman–Crippen MR) is 64.9 cm³/mol. The van der Waals surface area contributed by atoms with Crippen LogP contribution in [0.4, 0.5) is 10.1 Å². The van der Waals surface area contributed by atoms with E-state index >= 15 is 0 Å². The second-order valence-corrected chi connectivity index (χ2v) is 4.03. The first-order valence-electron chi connectivity index (χ1n) is 5.67. The lowest BCUT2D eigenvalue weighted by Gasteiger charge is -2.34. The second-order valence-electron chi connectivity index (χ2n) is 4.03. The van der Waals surface area contributed by atoms with Crippen molar-refractivity contribution in [3.8, 4) is 0 Å². The van der Waals surface area contributed by atoms with Crippen LogP contribution in [0.25, 0.3) is 5.53 Å². The topological polar surface area (TPSA) is 60.0 Å². The predicted octanol–water partition coefficient (Wildman–Crippen LogP) is 0.775. The zero-order valence-electron chi connectivity index (χ0n) is 9.79. The Morgan fingerprint density at radius 2 is 1.83 bits per heavy atom. The van der Waals surface area contributed by atoms with Crippen molar-refractivity contribution < 1.29 is 14.0 Å². The van der Waals surface area contributed by atoms with Crippen LogP contribution in [0.2, 0.25) is 0 Å². The van der Waals surface area contributed by atoms with Gasteiger partial charge in [0.05, 0.1) is 0 Å². The minimum Gasteiger partial charge on any atom is -0.368 e. The molecule has 1 aromatic carbocycles. The molecule has 0 atom stereocenters. The van der Waals surface area contributed by atoms with E-state index in [0.29, 0.717) is 26.2 Å². The Bertz CT molecular complexity index is 473. The summed E-state index contributed by atoms with van der Waals surface area (Å²) in [7, 11) is 0. The third-order valence-corrected chi connectivity index (χ3v) is 2.95. The number of hydrogen-bond donors (Lipinski definition) is 0. The van der Waals surface area contributed by atoms with Gasteiger partial charge in [0.2, 0.25) is 0 Å². The van der Waals surface area contributed by atoms with Gasteiger partial charge >= 0.3 is 12.1 Å². The summed E-state index contributed by atoms with van der Waals surface area (Å²) in [4.78, 5) is 17.9. The maximum atomic E-state index is 12.8. The monoisotopic (exact) mass is 248 g/mol. The van der Waals surface area contributed by atoms with Crippen molar-refractivity contribution in [3.05, 3.63) is 35.6 Å². The van der Waals surface area contributed by atoms with Crippen LogP contribution in [0.15, 0.2) is 24.3 Å². The molecule has 0 saturated carbocycles. The Balaban J connectivity index is 1.96. The smallest absolute Gasteiger partial charge is 0.344 e. The van der Waals surface area contributed by atoms with Crippen LogP contribution >= 0.6 is 0 Å². The fourth-order valence-electron chi connectivity index (χ4n) is 1.97. The second kappa shape index (κ2) is 5.42. The van der Waals surface area contributed by atoms with E-state index in [9.17, 15) is 9.18 Å². The van der Waals surface area contributed by atoms with E-state index in [1.807, 2.05) is 0 Å². The molecule has 0 spiro atoms. The van der Waals surface area contributed by atoms with Crippen molar-refractivity contribution in [1.82, 2.24) is 4.90 Å². The van der Waals surface area contributed by atoms with Crippen molar-refractivity contribution in [2.24, 2.45) is 0 Å². The van der Waals surface area contributed by atoms with E-state index in [4.69, 9.17) is 5.53 Å². The van der Waals surface area contributed by atoms with Gasteiger partial charge in [-0.3, -0.25) is 4.79 Å². The molecular formula is C12H13FN4O. The van der Waals surface area contributed by atoms with Gasteiger partial charge in [-0.1, -0.05) is 0 Å². The fraction of sp³-hybridized carbons (Fsp3) is 0.333. The normalized spacial score (nSPS) is 15.2. The van der Waals surface area contributed by atoms with E-state index in [1.54, 1.807) is 17.0 Å². The number of anilines is 1. The molecule has 1 amide bonds. The average molecular weight is 248 g/mol. The lowest BCUT2D eigenvalue weighted by atomic mass is 10.2. The molecule has 18 heavy (non-hydrogen) atoms. The largest absolute Gasteiger partial charge is 0.368 e. The number of rotatable bonds is 2. The molecular weight excluding hydrogens is 235 g/mol. The third-order valence-electron chi connectivity index (χ3n) is 2.95. The minimum atomic E-state index is -0.295. The van der Waals surface area contributed by atoms with Gasteiger partial charge < -0.3 is 15.3 Å². The van der Waals surface area contributed by atoms with Crippen LogP contribution in [0.1, 0.15) is 0 Å². The van der Waals surface area contributed by atoms with E-state index in [0.717, 1.165) is 11.9 Å². The van der Waals surface area contributed by atoms with Gasteiger partial charge in [0, 0.05) is 31.9 Å². The van der Waals surface area contributed by atoms with E-state index in [1.165, 1.54) is 12.1 Å². The first-order valence-corrected chi connectivity index (χ1v) is 5.67. The number of carbonyl (C=O) groups excluding carboxylic acids is 1. The Morgan fingerprint density at radius 3 is 2.39 bits per heavy atom. The Hall–Kier alpha value is -2.20. The highest BCUT2D eigenvalue weighted by molar-refractivity contribution is 6.23. The quantitative estimate of drug-likeness (QED) is 0.441. The number of halogens is 1. The van der Waals surface area contributed by atoms with Crippen molar-refractivity contribution in [2.45, 2.75) is 0 Å². The summed E-state index contributed by atoms with van der Waals surface area (Å²) < 4.78 is 12.8. The highest BCUT2D eigenvalue weighted by Gasteiger charge is 2.21. The summed E-state index contributed by atoms with van der Waals surface area (Å²) in [5, 5.41) is 0. The molecule has 0 bridgehead atoms. The molecule has 1 aliphatic rings. The molecule has 0 aromatic heterocycles. The van der Waals surface area contributed by atoms with Gasteiger partial charge in [-0.15, -0.1) is 0 Å². The Kier molecular flexibility index (Phi) is 3.69. The highest BCUT2D eigenvalue weighted by atomic mass is 19.1. The molecule has 6 heteroatoms. The molecule has 1 fully saturated rings. The van der Waals surface area contributed by atoms with Crippen molar-refractivity contribution in [1.29, 1.82) is 0 Å². The number of piperazine rings is 1. The summed E-state index contributed by atoms with van der Waals surface area (Å²) in [6.07, 6.45) is 0.896. The minimum absolute atomic E-state index is 0.258. The highest BCUT2D eigenvalue weighted by Crippen LogP contribution is 2.16. The first-order chi connectivity index (χ1) is 8.70. The Labute approximate surface area is 104 Å². The summed E-state index contributed by atoms with van der Waals surface area (Å²) in [6, 6.07) is 6.29. The molecule has 0 N–H and O–H groups in total. The van der Waals surface area contributed by atoms with Crippen LogP contribution in [0, 0.1) is 5.82 Å². The lowest BCUT2D eigenvalue weighted by Crippen LogP contribution is -2.49. The zero-order valence-corrected chi connectivity index (χ0v) is 9.79. The maximum Gasteiger partial charge on any atom is 0.344 e. The number of carbonyl (C=O) groups is 1. The van der Waals surface area contributed by atoms with Crippen LogP contribution in [0.5, 0.6) is 0 Å². The molecule has 0 aliphatic carbocycles. The van der Waals surface area contributed by atoms with E-state index in [2.05, 4.69) is 9.69 Å². The van der Waals surface area contributed by atoms with Crippen molar-refractivity contribution in [2.75, 3.05) is 31.1 Å². The Morgan fingerprint density at radius 1 is 1.22 bits per heavy atom. The molecule has 1 aromatic rings. The number of nitrogens with zero attached hydrogens (tertiary/aromatic N) is 4. The molecule has 1 saturated heterocycles. The molecule has 94 valence electrons. The standard InChI is InChI=1S/C12H13FN4O/c13-10-1-3-11(4-2-10)16-5-7-17(8-6-16)12(18)9-15-14/h1-4,9H,5-8H2. The number of hydrogen-bond acceptors (Lipinski definition) is 2. The maximum absolute atomic E-state index is 12.8. The van der Waals surface area contributed by atoms with Gasteiger partial charge in [-0.05, 0) is 24.3 Å². The summed E-state index contributed by atoms with van der Waals surface area (Å²) >= 11 is 0. The zero-order chi connectivity index (χ0) is 13.0. The first kappa shape index (κ1) is 12.3. The van der Waals surface area contributed by atoms with Gasteiger partial charge in [0.15, 0.2) is 0 Å². The van der Waals surface area contributed by atoms with Gasteiger partial charge in [0.25, 0.3) is 0 Å². The number of benzene rings is 1. The molecule has 0 unspecified atom stereocenters. The van der Waals surface area contributed by atoms with Gasteiger partial charge in [-0.25, -0.2) is 4.39 Å². The summed E-state index contributed by atoms with van der Waals surface area (Å²) in [5.41, 5.74) is 9.24. The molecule has 5 nitrogen and oxygen atoms in total. The van der Waals surface area contributed by atoms with Crippen LogP contribution in [0.3, 0.4) is 0 Å². The molecule has 2 rings (SSSR count). The lowest BCUT2D eigenvalue weighted by molar-refractivity contribution is -0.127. The summed E-state index contributed by atoms with van der Waals surface area (Å²) in [5.74, 6) is -0.553. The van der Waals surface area contributed by atoms with Crippen LogP contribution in [-0.4, -0.2) is 48.0 Å². The number of amides is 1. The summed E-state index contributed by atoms with van der Waals surface area (Å²) in [6.45, 7) is 2.47. The molecule has 0 radical (unpaired) electrons. The van der Waals surface area contributed by atoms with Crippen molar-refractivity contribution >= 4 is 17.8 Å². The molecule has 1 heterocycles. The van der Waals surface area contributed by atoms with Crippen LogP contribution in [-0.2, 0) is 4.79 Å². The SMILES string of the molecule is [N-]=[N+]=CC(=O)N1CCN(c2ccc(F)cc2)CC1. The van der Waals surface area contributed by atoms with E-state index < -0.39 is 0 Å². The van der Waals surface area contributed by atoms with Crippen LogP contribution < -0.4 is 4.90 Å². The van der Waals surface area contributed by atoms with Crippen molar-refractivity contribution in [3.63, 3.8) is 0 Å².